The van der Waals surface area contributed by atoms with Crippen LogP contribution in [0.1, 0.15) is 39.6 Å². The molecule has 0 radical (unpaired) electrons. The maximum atomic E-state index is 12.1. The molecule has 1 heterocycles. The van der Waals surface area contributed by atoms with Crippen molar-refractivity contribution in [2.75, 3.05) is 0 Å². The molecule has 0 bridgehead atoms. The van der Waals surface area contributed by atoms with E-state index in [0.717, 1.165) is 11.1 Å². The minimum Gasteiger partial charge on any atom is -0.452 e. The topological polar surface area (TPSA) is 60.4 Å². The van der Waals surface area contributed by atoms with Crippen LogP contribution >= 0.6 is 0 Å². The Morgan fingerprint density at radius 1 is 0.667 bits per heavy atom. The van der Waals surface area contributed by atoms with Gasteiger partial charge in [-0.25, -0.2) is 0 Å². The molecule has 4 heteroatoms. The van der Waals surface area contributed by atoms with E-state index in [1.807, 2.05) is 49.4 Å². The molecule has 4 nitrogen and oxygen atoms in total. The van der Waals surface area contributed by atoms with Crippen molar-refractivity contribution >= 4 is 11.9 Å². The molecule has 1 aliphatic heterocycles. The van der Waals surface area contributed by atoms with E-state index in [1.54, 1.807) is 26.0 Å². The standard InChI is InChI=1S/C16H12O2.C16H6.O2.3H2/c1-11-6-2-3-7-12(11)10-15-16(17)13-8-4-5-9-14(13)18-15;1-3-5-7-9-11-13-15-16-14-12-10-8-6-4-2;1-2;;;/h2-10H,1H3;1-2H3;;3*1H/b15-10-;;;;;. The largest absolute Gasteiger partial charge is 0.452 e. The molecule has 0 aromatic heterocycles. The van der Waals surface area contributed by atoms with E-state index in [-0.39, 0.29) is 10.1 Å². The summed E-state index contributed by atoms with van der Waals surface area (Å²) >= 11 is 0. The van der Waals surface area contributed by atoms with Gasteiger partial charge in [-0.05, 0) is 121 Å². The zero-order chi connectivity index (χ0) is 26.4. The van der Waals surface area contributed by atoms with E-state index in [1.165, 1.54) is 0 Å². The molecular weight excluding hydrogens is 448 g/mol. The molecule has 0 saturated carbocycles. The minimum atomic E-state index is -0.0474. The molecule has 2 aromatic carbocycles. The minimum absolute atomic E-state index is 0. The fourth-order valence-corrected chi connectivity index (χ4v) is 2.46. The van der Waals surface area contributed by atoms with Crippen molar-refractivity contribution < 1.29 is 13.8 Å². The number of carbonyl (C=O) groups is 1. The van der Waals surface area contributed by atoms with E-state index in [4.69, 9.17) is 14.7 Å². The summed E-state index contributed by atoms with van der Waals surface area (Å²) in [7, 11) is 0. The van der Waals surface area contributed by atoms with E-state index >= 15 is 0 Å². The number of allylic oxidation sites excluding steroid dienone is 1. The third kappa shape index (κ3) is 10.2. The Bertz CT molecular complexity index is 1530. The molecule has 0 amide bonds. The summed E-state index contributed by atoms with van der Waals surface area (Å²) in [6.45, 7) is 5.43. The van der Waals surface area contributed by atoms with Crippen molar-refractivity contribution in [3.63, 3.8) is 0 Å². The second-order valence-corrected chi connectivity index (χ2v) is 6.29. The predicted molar refractivity (Wildman–Crippen MR) is 149 cm³/mol. The van der Waals surface area contributed by atoms with Crippen molar-refractivity contribution in [2.24, 2.45) is 0 Å². The van der Waals surface area contributed by atoms with Gasteiger partial charge in [-0.15, -0.1) is 0 Å². The molecule has 0 aliphatic carbocycles. The highest BCUT2D eigenvalue weighted by atomic mass is 16.7. The van der Waals surface area contributed by atoms with Crippen LogP contribution in [0, 0.1) is 99.7 Å². The normalized spacial score (nSPS) is 9.64. The van der Waals surface area contributed by atoms with Crippen molar-refractivity contribution in [3.05, 3.63) is 80.9 Å². The van der Waals surface area contributed by atoms with E-state index in [9.17, 15) is 4.79 Å². The summed E-state index contributed by atoms with van der Waals surface area (Å²) in [6, 6.07) is 15.2. The van der Waals surface area contributed by atoms with Crippen LogP contribution in [0.3, 0.4) is 0 Å². The van der Waals surface area contributed by atoms with Gasteiger partial charge in [0.25, 0.3) is 0 Å². The van der Waals surface area contributed by atoms with Gasteiger partial charge in [0.05, 0.1) is 5.56 Å². The Labute approximate surface area is 216 Å². The van der Waals surface area contributed by atoms with Crippen molar-refractivity contribution in [1.82, 2.24) is 0 Å². The molecule has 1 aliphatic rings. The van der Waals surface area contributed by atoms with Crippen LogP contribution in [0.5, 0.6) is 5.75 Å². The zero-order valence-corrected chi connectivity index (χ0v) is 19.8. The number of hydrogen-bond acceptors (Lipinski definition) is 4. The van der Waals surface area contributed by atoms with Gasteiger partial charge in [-0.3, -0.25) is 4.79 Å². The average molecular weight is 473 g/mol. The highest BCUT2D eigenvalue weighted by Gasteiger charge is 2.26. The lowest BCUT2D eigenvalue weighted by atomic mass is 10.1. The Kier molecular flexibility index (Phi) is 13.9. The van der Waals surface area contributed by atoms with Gasteiger partial charge in [-0.1, -0.05) is 48.2 Å². The molecule has 3 rings (SSSR count). The first-order chi connectivity index (χ1) is 17.7. The number of benzene rings is 2. The molecule has 0 spiro atoms. The number of aryl methyl sites for hydroxylation is 1. The molecule has 0 N–H and O–H groups in total. The van der Waals surface area contributed by atoms with Gasteiger partial charge < -0.3 is 4.74 Å². The quantitative estimate of drug-likeness (QED) is 0.408. The molecule has 0 atom stereocenters. The lowest BCUT2D eigenvalue weighted by molar-refractivity contribution is 0.101. The Hall–Kier alpha value is -5.83. The van der Waals surface area contributed by atoms with Gasteiger partial charge in [-0.2, -0.15) is 0 Å². The SMILES string of the molecule is CC#CC#CC#CC#CC#CC#CC#CC.Cc1ccccc1/C=C1\Oc2ccccc2C1=O.O=O.[HH].[HH].[HH]. The Morgan fingerprint density at radius 3 is 1.58 bits per heavy atom. The molecule has 36 heavy (non-hydrogen) atoms. The number of hydrogen-bond donors (Lipinski definition) is 0. The van der Waals surface area contributed by atoms with Crippen LogP contribution in [0.15, 0.2) is 54.3 Å². The smallest absolute Gasteiger partial charge is 0.231 e. The first-order valence-corrected chi connectivity index (χ1v) is 10.3. The van der Waals surface area contributed by atoms with Crippen LogP contribution in [0.4, 0.5) is 0 Å². The van der Waals surface area contributed by atoms with Gasteiger partial charge in [0.15, 0.2) is 5.76 Å². The third-order valence-electron chi connectivity index (χ3n) is 3.99. The van der Waals surface area contributed by atoms with Gasteiger partial charge in [0.1, 0.15) is 5.75 Å². The summed E-state index contributed by atoms with van der Waals surface area (Å²) in [6.07, 6.45) is 1.80. The number of para-hydroxylation sites is 1. The summed E-state index contributed by atoms with van der Waals surface area (Å²) in [5.74, 6) is 36.6. The Balaban J connectivity index is -0.000000587. The highest BCUT2D eigenvalue weighted by Crippen LogP contribution is 2.31. The number of carbonyl (C=O) groups excluding carboxylic acids is 1. The second kappa shape index (κ2) is 17.7. The maximum absolute atomic E-state index is 12.1. The molecule has 0 saturated heterocycles. The van der Waals surface area contributed by atoms with Gasteiger partial charge in [0, 0.05) is 14.2 Å². The van der Waals surface area contributed by atoms with Crippen LogP contribution in [0.2, 0.25) is 0 Å². The molecule has 2 aromatic rings. The first kappa shape index (κ1) is 28.2. The van der Waals surface area contributed by atoms with Crippen LogP contribution < -0.4 is 4.74 Å². The van der Waals surface area contributed by atoms with E-state index < -0.39 is 0 Å². The zero-order valence-electron chi connectivity index (χ0n) is 19.8. The number of fused-ring (bicyclic) bond motifs is 1. The maximum Gasteiger partial charge on any atom is 0.231 e. The lowest BCUT2D eigenvalue weighted by Crippen LogP contribution is -1.98. The fourth-order valence-electron chi connectivity index (χ4n) is 2.46. The van der Waals surface area contributed by atoms with Crippen LogP contribution in [-0.2, 0) is 0 Å². The summed E-state index contributed by atoms with van der Waals surface area (Å²) in [5, 5.41) is 0. The summed E-state index contributed by atoms with van der Waals surface area (Å²) in [5.41, 5.74) is 2.77. The van der Waals surface area contributed by atoms with Crippen molar-refractivity contribution in [3.8, 4) is 88.6 Å². The highest BCUT2D eigenvalue weighted by molar-refractivity contribution is 6.14. The van der Waals surface area contributed by atoms with Gasteiger partial charge >= 0.3 is 0 Å². The van der Waals surface area contributed by atoms with E-state index in [2.05, 4.69) is 82.9 Å². The van der Waals surface area contributed by atoms with Crippen molar-refractivity contribution in [1.29, 1.82) is 0 Å². The number of ether oxygens (including phenoxy) is 1. The van der Waals surface area contributed by atoms with Crippen molar-refractivity contribution in [2.45, 2.75) is 20.8 Å². The molecular formula is C32H24O4. The average Bonchev–Trinajstić information content (AvgIpc) is 3.23. The fraction of sp³-hybridized carbons (Fsp3) is 0.0938. The van der Waals surface area contributed by atoms with Gasteiger partial charge in [0.2, 0.25) is 5.78 Å². The molecule has 176 valence electrons. The predicted octanol–water partition coefficient (Wildman–Crippen LogP) is 5.47. The Morgan fingerprint density at radius 2 is 1.11 bits per heavy atom. The second-order valence-electron chi connectivity index (χ2n) is 6.29. The van der Waals surface area contributed by atoms with E-state index in [0.29, 0.717) is 17.1 Å². The number of rotatable bonds is 1. The number of Topliss-reactive ketones (excluding diaryl/α,β-unsaturated/α-hetero) is 1. The van der Waals surface area contributed by atoms with Crippen LogP contribution in [0.25, 0.3) is 6.08 Å². The summed E-state index contributed by atoms with van der Waals surface area (Å²) in [4.78, 5) is 26.1. The first-order valence-electron chi connectivity index (χ1n) is 10.3. The molecule has 0 fully saturated rings. The third-order valence-corrected chi connectivity index (χ3v) is 3.99. The molecule has 0 unspecified atom stereocenters. The van der Waals surface area contributed by atoms with Crippen LogP contribution in [-0.4, -0.2) is 5.78 Å². The number of ketones is 1. The lowest BCUT2D eigenvalue weighted by Gasteiger charge is -2.01. The monoisotopic (exact) mass is 472 g/mol. The summed E-state index contributed by atoms with van der Waals surface area (Å²) < 4.78 is 5.59.